The van der Waals surface area contributed by atoms with E-state index in [-0.39, 0.29) is 42.2 Å². The van der Waals surface area contributed by atoms with Crippen molar-refractivity contribution in [1.29, 1.82) is 0 Å². The van der Waals surface area contributed by atoms with Crippen LogP contribution in [0.15, 0.2) is 23.1 Å². The minimum absolute atomic E-state index is 0.0241. The molecule has 0 aromatic heterocycles. The minimum atomic E-state index is -3.95. The smallest absolute Gasteiger partial charge is 0.247 e. The van der Waals surface area contributed by atoms with Crippen molar-refractivity contribution in [2.75, 3.05) is 26.7 Å². The fourth-order valence-electron chi connectivity index (χ4n) is 3.14. The lowest BCUT2D eigenvalue weighted by atomic mass is 10.0. The summed E-state index contributed by atoms with van der Waals surface area (Å²) in [7, 11) is -2.28. The number of aliphatic hydroxyl groups is 2. The van der Waals surface area contributed by atoms with Gasteiger partial charge in [-0.2, -0.15) is 4.31 Å². The van der Waals surface area contributed by atoms with Crippen molar-refractivity contribution in [2.45, 2.75) is 57.3 Å². The Morgan fingerprint density at radius 1 is 1.42 bits per heavy atom. The number of carbonyl (C=O) groups excluding carboxylic acids is 1. The molecule has 0 radical (unpaired) electrons. The molecular formula is C22H32N2O6S. The van der Waals surface area contributed by atoms with Gasteiger partial charge < -0.3 is 19.8 Å². The van der Waals surface area contributed by atoms with Gasteiger partial charge in [-0.1, -0.05) is 18.8 Å². The van der Waals surface area contributed by atoms with E-state index < -0.39 is 27.8 Å². The maximum absolute atomic E-state index is 13.4. The van der Waals surface area contributed by atoms with Crippen molar-refractivity contribution in [3.8, 4) is 17.6 Å². The molecule has 1 amide bonds. The molecule has 1 heterocycles. The maximum Gasteiger partial charge on any atom is 0.247 e. The Hall–Kier alpha value is -2.12. The van der Waals surface area contributed by atoms with Gasteiger partial charge in [-0.3, -0.25) is 4.79 Å². The van der Waals surface area contributed by atoms with E-state index in [0.717, 1.165) is 0 Å². The Balaban J connectivity index is 2.62. The number of amides is 1. The first-order valence-corrected chi connectivity index (χ1v) is 11.6. The highest BCUT2D eigenvalue weighted by atomic mass is 32.2. The molecule has 31 heavy (non-hydrogen) atoms. The second-order valence-electron chi connectivity index (χ2n) is 8.61. The van der Waals surface area contributed by atoms with E-state index in [4.69, 9.17) is 4.74 Å². The summed E-state index contributed by atoms with van der Waals surface area (Å²) in [5.41, 5.74) is -0.712. The average Bonchev–Trinajstić information content (AvgIpc) is 2.67. The van der Waals surface area contributed by atoms with Crippen LogP contribution < -0.4 is 4.74 Å². The Labute approximate surface area is 184 Å². The summed E-state index contributed by atoms with van der Waals surface area (Å²) in [6.07, 6.45) is -0.478. The fourth-order valence-corrected chi connectivity index (χ4v) is 4.97. The minimum Gasteiger partial charge on any atom is -0.487 e. The van der Waals surface area contributed by atoms with E-state index >= 15 is 0 Å². The van der Waals surface area contributed by atoms with E-state index in [9.17, 15) is 23.4 Å². The van der Waals surface area contributed by atoms with E-state index in [0.29, 0.717) is 5.56 Å². The molecule has 0 fully saturated rings. The molecule has 1 aliphatic heterocycles. The quantitative estimate of drug-likeness (QED) is 0.662. The molecule has 1 aromatic carbocycles. The van der Waals surface area contributed by atoms with Crippen LogP contribution in [0.3, 0.4) is 0 Å². The van der Waals surface area contributed by atoms with Crippen LogP contribution in [0.2, 0.25) is 0 Å². The summed E-state index contributed by atoms with van der Waals surface area (Å²) in [6, 6.07) is 3.89. The van der Waals surface area contributed by atoms with Gasteiger partial charge in [-0.15, -0.1) is 0 Å². The Morgan fingerprint density at radius 3 is 2.61 bits per heavy atom. The van der Waals surface area contributed by atoms with Gasteiger partial charge in [0, 0.05) is 38.0 Å². The first-order valence-electron chi connectivity index (χ1n) is 10.2. The number of rotatable bonds is 4. The number of carbonyl (C=O) groups is 1. The van der Waals surface area contributed by atoms with Crippen LogP contribution in [-0.4, -0.2) is 78.2 Å². The number of ether oxygens (including phenoxy) is 1. The number of benzene rings is 1. The molecule has 0 saturated carbocycles. The maximum atomic E-state index is 13.4. The van der Waals surface area contributed by atoms with Crippen LogP contribution in [0.1, 0.15) is 40.2 Å². The summed E-state index contributed by atoms with van der Waals surface area (Å²) >= 11 is 0. The second-order valence-corrected chi connectivity index (χ2v) is 10.5. The second kappa shape index (κ2) is 9.57. The number of hydrogen-bond acceptors (Lipinski definition) is 6. The summed E-state index contributed by atoms with van der Waals surface area (Å²) in [4.78, 5) is 13.3. The van der Waals surface area contributed by atoms with E-state index in [1.807, 2.05) is 6.92 Å². The van der Waals surface area contributed by atoms with Crippen molar-refractivity contribution in [3.05, 3.63) is 23.8 Å². The summed E-state index contributed by atoms with van der Waals surface area (Å²) in [5.74, 6) is 5.28. The lowest BCUT2D eigenvalue weighted by molar-refractivity contribution is -0.129. The van der Waals surface area contributed by atoms with Gasteiger partial charge in [0.2, 0.25) is 15.9 Å². The molecule has 2 N–H and O–H groups in total. The van der Waals surface area contributed by atoms with Gasteiger partial charge in [0.25, 0.3) is 0 Å². The number of nitrogens with zero attached hydrogens (tertiary/aromatic N) is 2. The average molecular weight is 453 g/mol. The van der Waals surface area contributed by atoms with Crippen LogP contribution in [0.4, 0.5) is 0 Å². The third-order valence-corrected chi connectivity index (χ3v) is 7.19. The highest BCUT2D eigenvalue weighted by Gasteiger charge is 2.38. The zero-order chi connectivity index (χ0) is 23.6. The van der Waals surface area contributed by atoms with E-state index in [1.165, 1.54) is 28.3 Å². The zero-order valence-electron chi connectivity index (χ0n) is 18.9. The molecule has 172 valence electrons. The van der Waals surface area contributed by atoms with Crippen LogP contribution in [-0.2, 0) is 14.8 Å². The molecule has 3 atom stereocenters. The summed E-state index contributed by atoms with van der Waals surface area (Å²) < 4.78 is 34.2. The molecular weight excluding hydrogens is 420 g/mol. The highest BCUT2D eigenvalue weighted by molar-refractivity contribution is 7.89. The van der Waals surface area contributed by atoms with Gasteiger partial charge in [0.05, 0.1) is 13.2 Å². The normalized spacial score (nSPS) is 22.1. The summed E-state index contributed by atoms with van der Waals surface area (Å²) in [5, 5.41) is 19.5. The van der Waals surface area contributed by atoms with Crippen LogP contribution in [0, 0.1) is 17.8 Å². The number of fused-ring (bicyclic) bond motifs is 1. The molecule has 1 aromatic rings. The van der Waals surface area contributed by atoms with E-state index in [1.54, 1.807) is 33.9 Å². The van der Waals surface area contributed by atoms with Gasteiger partial charge in [0.1, 0.15) is 22.4 Å². The monoisotopic (exact) mass is 452 g/mol. The van der Waals surface area contributed by atoms with Crippen molar-refractivity contribution in [2.24, 2.45) is 5.92 Å². The molecule has 9 heteroatoms. The SMILES string of the molecule is CC(=O)N(C)C[C@H]1Oc2cc(C#CC(C)(C)O)ccc2S(=O)(=O)N([C@H](C)CO)C[C@@H]1C. The predicted molar refractivity (Wildman–Crippen MR) is 117 cm³/mol. The van der Waals surface area contributed by atoms with Gasteiger partial charge in [-0.25, -0.2) is 8.42 Å². The largest absolute Gasteiger partial charge is 0.487 e. The molecule has 0 unspecified atom stereocenters. The number of sulfonamides is 1. The Bertz CT molecular complexity index is 974. The molecule has 0 saturated heterocycles. The third kappa shape index (κ3) is 6.20. The van der Waals surface area contributed by atoms with Crippen LogP contribution in [0.5, 0.6) is 5.75 Å². The Morgan fingerprint density at radius 2 is 2.06 bits per heavy atom. The van der Waals surface area contributed by atoms with Crippen molar-refractivity contribution in [3.63, 3.8) is 0 Å². The molecule has 8 nitrogen and oxygen atoms in total. The first kappa shape index (κ1) is 25.1. The number of likely N-dealkylation sites (N-methyl/N-ethyl adjacent to an activating group) is 1. The van der Waals surface area contributed by atoms with Gasteiger partial charge in [0.15, 0.2) is 0 Å². The molecule has 0 spiro atoms. The standard InChI is InChI=1S/C22H32N2O6S/c1-15-12-24(16(2)14-25)31(28,29)21-8-7-18(9-10-22(4,5)27)11-19(21)30-20(15)13-23(6)17(3)26/h7-8,11,15-16,20,25,27H,12-14H2,1-6H3/t15-,16+,20+/m0/s1. The Kier molecular flexibility index (Phi) is 7.76. The molecule has 0 bridgehead atoms. The molecule has 1 aliphatic rings. The van der Waals surface area contributed by atoms with Gasteiger partial charge >= 0.3 is 0 Å². The lowest BCUT2D eigenvalue weighted by Gasteiger charge is -2.37. The topological polar surface area (TPSA) is 107 Å². The van der Waals surface area contributed by atoms with Crippen molar-refractivity contribution < 1.29 is 28.2 Å². The zero-order valence-corrected chi connectivity index (χ0v) is 19.7. The fraction of sp³-hybridized carbons (Fsp3) is 0.591. The van der Waals surface area contributed by atoms with Crippen LogP contribution >= 0.6 is 0 Å². The highest BCUT2D eigenvalue weighted by Crippen LogP contribution is 2.34. The van der Waals surface area contributed by atoms with E-state index in [2.05, 4.69) is 11.8 Å². The van der Waals surface area contributed by atoms with Crippen LogP contribution in [0.25, 0.3) is 0 Å². The lowest BCUT2D eigenvalue weighted by Crippen LogP contribution is -2.50. The van der Waals surface area contributed by atoms with Gasteiger partial charge in [-0.05, 0) is 39.0 Å². The number of aliphatic hydroxyl groups excluding tert-OH is 1. The molecule has 0 aliphatic carbocycles. The summed E-state index contributed by atoms with van der Waals surface area (Å²) in [6.45, 7) is 8.15. The van der Waals surface area contributed by atoms with Crippen molar-refractivity contribution in [1.82, 2.24) is 9.21 Å². The first-order chi connectivity index (χ1) is 14.3. The molecule has 2 rings (SSSR count). The third-order valence-electron chi connectivity index (χ3n) is 5.17. The number of hydrogen-bond donors (Lipinski definition) is 2. The predicted octanol–water partition coefficient (Wildman–Crippen LogP) is 1.06. The van der Waals surface area contributed by atoms with Crippen molar-refractivity contribution >= 4 is 15.9 Å².